The Kier molecular flexibility index (Phi) is 3.06. The van der Waals surface area contributed by atoms with E-state index in [2.05, 4.69) is 10.3 Å². The number of aryl methyl sites for hydroxylation is 1. The molecule has 0 radical (unpaired) electrons. The summed E-state index contributed by atoms with van der Waals surface area (Å²) < 4.78 is 12.9. The summed E-state index contributed by atoms with van der Waals surface area (Å²) in [5.41, 5.74) is 6.55. The second-order valence-corrected chi connectivity index (χ2v) is 4.72. The fraction of sp³-hybridized carbons (Fsp3) is 0.0909. The van der Waals surface area contributed by atoms with E-state index in [1.165, 1.54) is 23.6 Å². The van der Waals surface area contributed by atoms with Gasteiger partial charge in [0.05, 0.1) is 23.0 Å². The van der Waals surface area contributed by atoms with Gasteiger partial charge in [-0.05, 0) is 13.0 Å². The van der Waals surface area contributed by atoms with Crippen molar-refractivity contribution in [1.29, 1.82) is 0 Å². The molecule has 2 aromatic rings. The number of anilines is 2. The van der Waals surface area contributed by atoms with Crippen LogP contribution in [0.2, 0.25) is 0 Å². The van der Waals surface area contributed by atoms with Crippen LogP contribution < -0.4 is 11.1 Å². The molecule has 0 spiro atoms. The zero-order valence-corrected chi connectivity index (χ0v) is 9.84. The number of rotatable bonds is 2. The molecule has 17 heavy (non-hydrogen) atoms. The predicted molar refractivity (Wildman–Crippen MR) is 65.6 cm³/mol. The summed E-state index contributed by atoms with van der Waals surface area (Å²) in [5.74, 6) is -0.813. The minimum absolute atomic E-state index is 0.317. The van der Waals surface area contributed by atoms with Crippen LogP contribution in [0.4, 0.5) is 15.8 Å². The molecule has 2 aromatic heterocycles. The fourth-order valence-corrected chi connectivity index (χ4v) is 2.12. The Labute approximate surface area is 101 Å². The summed E-state index contributed by atoms with van der Waals surface area (Å²) >= 11 is 1.29. The van der Waals surface area contributed by atoms with Crippen LogP contribution >= 0.6 is 11.3 Å². The van der Waals surface area contributed by atoms with E-state index in [0.717, 1.165) is 11.1 Å². The molecule has 0 aromatic carbocycles. The molecular formula is C11H10FN3OS. The molecule has 0 bridgehead atoms. The van der Waals surface area contributed by atoms with Gasteiger partial charge in [-0.2, -0.15) is 0 Å². The summed E-state index contributed by atoms with van der Waals surface area (Å²) in [6.45, 7) is 1.83. The Hall–Kier alpha value is -1.95. The highest BCUT2D eigenvalue weighted by Crippen LogP contribution is 2.24. The summed E-state index contributed by atoms with van der Waals surface area (Å²) in [4.78, 5) is 16.8. The molecule has 0 unspecified atom stereocenters. The lowest BCUT2D eigenvalue weighted by Gasteiger charge is -2.02. The van der Waals surface area contributed by atoms with Gasteiger partial charge in [0.2, 0.25) is 0 Å². The largest absolute Gasteiger partial charge is 0.398 e. The van der Waals surface area contributed by atoms with Crippen LogP contribution in [0.15, 0.2) is 24.5 Å². The van der Waals surface area contributed by atoms with E-state index in [-0.39, 0.29) is 5.91 Å². The SMILES string of the molecule is Cc1sc(C(=O)Nc2cncc(F)c2)cc1N. The lowest BCUT2D eigenvalue weighted by molar-refractivity contribution is 0.103. The quantitative estimate of drug-likeness (QED) is 0.861. The van der Waals surface area contributed by atoms with E-state index in [9.17, 15) is 9.18 Å². The molecule has 0 aliphatic carbocycles. The smallest absolute Gasteiger partial charge is 0.265 e. The number of carbonyl (C=O) groups excluding carboxylic acids is 1. The van der Waals surface area contributed by atoms with Crippen molar-refractivity contribution in [1.82, 2.24) is 4.98 Å². The van der Waals surface area contributed by atoms with Crippen molar-refractivity contribution in [3.8, 4) is 0 Å². The fourth-order valence-electron chi connectivity index (χ4n) is 1.28. The van der Waals surface area contributed by atoms with Crippen molar-refractivity contribution in [2.75, 3.05) is 11.1 Å². The normalized spacial score (nSPS) is 10.2. The van der Waals surface area contributed by atoms with Gasteiger partial charge in [0.25, 0.3) is 5.91 Å². The minimum atomic E-state index is -0.496. The highest BCUT2D eigenvalue weighted by Gasteiger charge is 2.11. The third kappa shape index (κ3) is 2.59. The number of halogens is 1. The summed E-state index contributed by atoms with van der Waals surface area (Å²) in [5, 5.41) is 2.55. The molecule has 0 fully saturated rings. The van der Waals surface area contributed by atoms with Crippen molar-refractivity contribution in [2.45, 2.75) is 6.92 Å². The predicted octanol–water partition coefficient (Wildman–Crippen LogP) is 2.43. The van der Waals surface area contributed by atoms with Gasteiger partial charge in [-0.1, -0.05) is 0 Å². The van der Waals surface area contributed by atoms with Crippen LogP contribution in [-0.2, 0) is 0 Å². The molecular weight excluding hydrogens is 241 g/mol. The number of nitrogens with zero attached hydrogens (tertiary/aromatic N) is 1. The molecule has 4 nitrogen and oxygen atoms in total. The number of thiophene rings is 1. The van der Waals surface area contributed by atoms with Crippen molar-refractivity contribution < 1.29 is 9.18 Å². The summed E-state index contributed by atoms with van der Waals surface area (Å²) in [7, 11) is 0. The second-order valence-electron chi connectivity index (χ2n) is 3.47. The van der Waals surface area contributed by atoms with E-state index in [4.69, 9.17) is 5.73 Å². The third-order valence-electron chi connectivity index (χ3n) is 2.14. The Bertz CT molecular complexity index is 548. The molecule has 0 aliphatic heterocycles. The van der Waals surface area contributed by atoms with Crippen LogP contribution in [0.3, 0.4) is 0 Å². The Balaban J connectivity index is 2.17. The van der Waals surface area contributed by atoms with E-state index in [0.29, 0.717) is 16.3 Å². The topological polar surface area (TPSA) is 68.0 Å². The number of carbonyl (C=O) groups is 1. The third-order valence-corrected chi connectivity index (χ3v) is 3.21. The maximum absolute atomic E-state index is 12.9. The van der Waals surface area contributed by atoms with Crippen molar-refractivity contribution in [3.63, 3.8) is 0 Å². The molecule has 0 saturated carbocycles. The number of nitrogens with two attached hydrogens (primary N) is 1. The number of hydrogen-bond acceptors (Lipinski definition) is 4. The average Bonchev–Trinajstić information content (AvgIpc) is 2.59. The van der Waals surface area contributed by atoms with Gasteiger partial charge in [0, 0.05) is 16.6 Å². The van der Waals surface area contributed by atoms with Crippen molar-refractivity contribution in [2.24, 2.45) is 0 Å². The molecule has 88 valence electrons. The first-order chi connectivity index (χ1) is 8.06. The molecule has 0 atom stereocenters. The second kappa shape index (κ2) is 4.50. The van der Waals surface area contributed by atoms with Gasteiger partial charge >= 0.3 is 0 Å². The highest BCUT2D eigenvalue weighted by molar-refractivity contribution is 7.14. The van der Waals surface area contributed by atoms with Crippen LogP contribution in [0, 0.1) is 12.7 Å². The highest BCUT2D eigenvalue weighted by atomic mass is 32.1. The molecule has 3 N–H and O–H groups in total. The lowest BCUT2D eigenvalue weighted by Crippen LogP contribution is -2.10. The molecule has 6 heteroatoms. The first-order valence-electron chi connectivity index (χ1n) is 4.84. The summed E-state index contributed by atoms with van der Waals surface area (Å²) in [6.07, 6.45) is 2.45. The Morgan fingerprint density at radius 3 is 2.82 bits per heavy atom. The van der Waals surface area contributed by atoms with Crippen LogP contribution in [-0.4, -0.2) is 10.9 Å². The first-order valence-corrected chi connectivity index (χ1v) is 5.65. The van der Waals surface area contributed by atoms with Gasteiger partial charge in [-0.15, -0.1) is 11.3 Å². The molecule has 2 rings (SSSR count). The molecule has 0 saturated heterocycles. The average molecular weight is 251 g/mol. The molecule has 0 aliphatic rings. The lowest BCUT2D eigenvalue weighted by atomic mass is 10.3. The van der Waals surface area contributed by atoms with Crippen LogP contribution in [0.1, 0.15) is 14.5 Å². The van der Waals surface area contributed by atoms with E-state index >= 15 is 0 Å². The zero-order chi connectivity index (χ0) is 12.4. The summed E-state index contributed by atoms with van der Waals surface area (Å²) in [6, 6.07) is 2.80. The number of amides is 1. The van der Waals surface area contributed by atoms with Gasteiger partial charge < -0.3 is 11.1 Å². The van der Waals surface area contributed by atoms with Gasteiger partial charge in [-0.25, -0.2) is 4.39 Å². The van der Waals surface area contributed by atoms with Crippen LogP contribution in [0.25, 0.3) is 0 Å². The monoisotopic (exact) mass is 251 g/mol. The number of pyridine rings is 1. The Morgan fingerprint density at radius 2 is 2.24 bits per heavy atom. The number of hydrogen-bond donors (Lipinski definition) is 2. The maximum atomic E-state index is 12.9. The van der Waals surface area contributed by atoms with E-state index < -0.39 is 5.82 Å². The number of nitrogens with one attached hydrogen (secondary N) is 1. The van der Waals surface area contributed by atoms with Crippen LogP contribution in [0.5, 0.6) is 0 Å². The van der Waals surface area contributed by atoms with Gasteiger partial charge in [-0.3, -0.25) is 9.78 Å². The molecule has 1 amide bonds. The zero-order valence-electron chi connectivity index (χ0n) is 9.03. The van der Waals surface area contributed by atoms with E-state index in [1.807, 2.05) is 6.92 Å². The number of nitrogen functional groups attached to an aromatic ring is 1. The van der Waals surface area contributed by atoms with Gasteiger partial charge in [0.1, 0.15) is 5.82 Å². The van der Waals surface area contributed by atoms with Crippen molar-refractivity contribution in [3.05, 3.63) is 40.1 Å². The molecule has 2 heterocycles. The number of aromatic nitrogens is 1. The first kappa shape index (κ1) is 11.5. The standard InChI is InChI=1S/C11H10FN3OS/c1-6-9(13)3-10(17-6)11(16)15-8-2-7(12)4-14-5-8/h2-5H,13H2,1H3,(H,15,16). The maximum Gasteiger partial charge on any atom is 0.265 e. The van der Waals surface area contributed by atoms with Crippen molar-refractivity contribution >= 4 is 28.6 Å². The van der Waals surface area contributed by atoms with Gasteiger partial charge in [0.15, 0.2) is 0 Å². The Morgan fingerprint density at radius 1 is 1.47 bits per heavy atom. The minimum Gasteiger partial charge on any atom is -0.398 e. The van der Waals surface area contributed by atoms with E-state index in [1.54, 1.807) is 6.07 Å².